The molecule has 0 amide bonds. The summed E-state index contributed by atoms with van der Waals surface area (Å²) in [6.45, 7) is 3.31. The van der Waals surface area contributed by atoms with Gasteiger partial charge in [-0.2, -0.15) is 0 Å². The van der Waals surface area contributed by atoms with Gasteiger partial charge in [0.25, 0.3) is 0 Å². The molecule has 0 saturated carbocycles. The first-order chi connectivity index (χ1) is 7.77. The largest absolute Gasteiger partial charge is 0.508 e. The third-order valence-corrected chi connectivity index (χ3v) is 2.16. The second-order valence-corrected chi connectivity index (χ2v) is 3.44. The summed E-state index contributed by atoms with van der Waals surface area (Å²) in [6, 6.07) is 5.13. The Bertz CT molecular complexity index is 318. The Morgan fingerprint density at radius 1 is 1.44 bits per heavy atom. The highest BCUT2D eigenvalue weighted by Gasteiger charge is 2.02. The fraction of sp³-hybridized carbons (Fsp3) is 0.500. The van der Waals surface area contributed by atoms with E-state index < -0.39 is 0 Å². The van der Waals surface area contributed by atoms with Crippen LogP contribution in [0.25, 0.3) is 0 Å². The maximum Gasteiger partial charge on any atom is 0.120 e. The van der Waals surface area contributed by atoms with Gasteiger partial charge in [-0.1, -0.05) is 0 Å². The molecule has 0 fully saturated rings. The highest BCUT2D eigenvalue weighted by atomic mass is 19.1. The van der Waals surface area contributed by atoms with E-state index >= 15 is 0 Å². The lowest BCUT2D eigenvalue weighted by molar-refractivity contribution is 0.338. The molecule has 16 heavy (non-hydrogen) atoms. The topological polar surface area (TPSA) is 41.5 Å². The Morgan fingerprint density at radius 2 is 2.25 bits per heavy atom. The van der Waals surface area contributed by atoms with Gasteiger partial charge in [-0.25, -0.2) is 0 Å². The van der Waals surface area contributed by atoms with Crippen molar-refractivity contribution in [3.63, 3.8) is 0 Å². The molecular weight excluding hydrogens is 209 g/mol. The molecule has 0 bridgehead atoms. The van der Waals surface area contributed by atoms with Crippen molar-refractivity contribution in [2.45, 2.75) is 19.9 Å². The summed E-state index contributed by atoms with van der Waals surface area (Å²) in [7, 11) is 0. The predicted octanol–water partition coefficient (Wildman–Crippen LogP) is 2.24. The van der Waals surface area contributed by atoms with Crippen LogP contribution in [0.3, 0.4) is 0 Å². The van der Waals surface area contributed by atoms with E-state index in [1.165, 1.54) is 0 Å². The monoisotopic (exact) mass is 227 g/mol. The lowest BCUT2D eigenvalue weighted by Gasteiger charge is -2.09. The summed E-state index contributed by atoms with van der Waals surface area (Å²) < 4.78 is 17.2. The van der Waals surface area contributed by atoms with Gasteiger partial charge in [0.2, 0.25) is 0 Å². The van der Waals surface area contributed by atoms with E-state index in [-0.39, 0.29) is 12.4 Å². The van der Waals surface area contributed by atoms with Crippen LogP contribution in [0.15, 0.2) is 18.2 Å². The number of ether oxygens (including phenoxy) is 1. The van der Waals surface area contributed by atoms with E-state index in [9.17, 15) is 9.50 Å². The van der Waals surface area contributed by atoms with Crippen LogP contribution in [0.1, 0.15) is 18.9 Å². The van der Waals surface area contributed by atoms with Gasteiger partial charge in [-0.15, -0.1) is 0 Å². The highest BCUT2D eigenvalue weighted by molar-refractivity contribution is 5.39. The van der Waals surface area contributed by atoms with Gasteiger partial charge >= 0.3 is 0 Å². The molecule has 0 aliphatic rings. The molecule has 3 nitrogen and oxygen atoms in total. The molecule has 0 heterocycles. The summed E-state index contributed by atoms with van der Waals surface area (Å²) in [6.07, 6.45) is 0.492. The molecule has 0 aliphatic heterocycles. The standard InChI is InChI=1S/C12H18FNO2/c1-2-16-11-4-5-12(15)10(8-11)9-14-7-3-6-13/h4-5,8,14-15H,2-3,6-7,9H2,1H3. The number of hydrogen-bond donors (Lipinski definition) is 2. The average molecular weight is 227 g/mol. The quantitative estimate of drug-likeness (QED) is 0.702. The van der Waals surface area contributed by atoms with Crippen molar-refractivity contribution in [3.05, 3.63) is 23.8 Å². The van der Waals surface area contributed by atoms with Crippen molar-refractivity contribution in [2.75, 3.05) is 19.8 Å². The third-order valence-electron chi connectivity index (χ3n) is 2.16. The van der Waals surface area contributed by atoms with Crippen LogP contribution in [0.5, 0.6) is 11.5 Å². The highest BCUT2D eigenvalue weighted by Crippen LogP contribution is 2.22. The number of alkyl halides is 1. The Kier molecular flexibility index (Phi) is 5.64. The van der Waals surface area contributed by atoms with Crippen molar-refractivity contribution in [2.24, 2.45) is 0 Å². The molecule has 1 aromatic carbocycles. The lowest BCUT2D eigenvalue weighted by atomic mass is 10.2. The molecule has 1 rings (SSSR count). The first-order valence-electron chi connectivity index (χ1n) is 5.49. The van der Waals surface area contributed by atoms with Gasteiger partial charge < -0.3 is 15.2 Å². The van der Waals surface area contributed by atoms with E-state index in [1.54, 1.807) is 18.2 Å². The van der Waals surface area contributed by atoms with E-state index in [0.29, 0.717) is 26.1 Å². The minimum atomic E-state index is -0.321. The van der Waals surface area contributed by atoms with E-state index in [2.05, 4.69) is 5.32 Å². The fourth-order valence-corrected chi connectivity index (χ4v) is 1.37. The van der Waals surface area contributed by atoms with Crippen LogP contribution in [0.4, 0.5) is 4.39 Å². The van der Waals surface area contributed by atoms with Gasteiger partial charge in [0, 0.05) is 12.1 Å². The second-order valence-electron chi connectivity index (χ2n) is 3.44. The first kappa shape index (κ1) is 12.8. The fourth-order valence-electron chi connectivity index (χ4n) is 1.37. The Labute approximate surface area is 95.2 Å². The normalized spacial score (nSPS) is 10.4. The van der Waals surface area contributed by atoms with E-state index in [1.807, 2.05) is 6.92 Å². The van der Waals surface area contributed by atoms with Gasteiger partial charge in [0.05, 0.1) is 13.3 Å². The molecule has 0 aliphatic carbocycles. The van der Waals surface area contributed by atoms with Crippen molar-refractivity contribution in [1.29, 1.82) is 0 Å². The molecule has 1 aromatic rings. The zero-order valence-electron chi connectivity index (χ0n) is 9.50. The third kappa shape index (κ3) is 4.06. The summed E-state index contributed by atoms with van der Waals surface area (Å²) in [4.78, 5) is 0. The number of aromatic hydroxyl groups is 1. The molecule has 90 valence electrons. The van der Waals surface area contributed by atoms with Crippen LogP contribution >= 0.6 is 0 Å². The van der Waals surface area contributed by atoms with Crippen molar-refractivity contribution < 1.29 is 14.2 Å². The average Bonchev–Trinajstić information content (AvgIpc) is 2.29. The van der Waals surface area contributed by atoms with Gasteiger partial charge in [-0.3, -0.25) is 4.39 Å². The molecule has 2 N–H and O–H groups in total. The van der Waals surface area contributed by atoms with Crippen LogP contribution in [-0.2, 0) is 6.54 Å². The summed E-state index contributed by atoms with van der Waals surface area (Å²) >= 11 is 0. The van der Waals surface area contributed by atoms with Crippen LogP contribution < -0.4 is 10.1 Å². The van der Waals surface area contributed by atoms with E-state index in [0.717, 1.165) is 11.3 Å². The number of benzene rings is 1. The number of nitrogens with one attached hydrogen (secondary N) is 1. The first-order valence-corrected chi connectivity index (χ1v) is 5.49. The number of halogens is 1. The molecule has 4 heteroatoms. The molecule has 0 spiro atoms. The SMILES string of the molecule is CCOc1ccc(O)c(CNCCCF)c1. The zero-order chi connectivity index (χ0) is 11.8. The van der Waals surface area contributed by atoms with Crippen molar-refractivity contribution in [3.8, 4) is 11.5 Å². The maximum atomic E-state index is 11.9. The Balaban J connectivity index is 2.52. The molecule has 0 saturated heterocycles. The number of rotatable bonds is 7. The van der Waals surface area contributed by atoms with Crippen molar-refractivity contribution in [1.82, 2.24) is 5.32 Å². The van der Waals surface area contributed by atoms with Crippen molar-refractivity contribution >= 4 is 0 Å². The number of phenols is 1. The zero-order valence-corrected chi connectivity index (χ0v) is 9.50. The summed E-state index contributed by atoms with van der Waals surface area (Å²) in [5.74, 6) is 0.971. The maximum absolute atomic E-state index is 11.9. The molecule has 0 aromatic heterocycles. The predicted molar refractivity (Wildman–Crippen MR) is 61.6 cm³/mol. The van der Waals surface area contributed by atoms with Crippen LogP contribution in [-0.4, -0.2) is 24.9 Å². The van der Waals surface area contributed by atoms with Gasteiger partial charge in [0.15, 0.2) is 0 Å². The van der Waals surface area contributed by atoms with Gasteiger partial charge in [-0.05, 0) is 38.1 Å². The summed E-state index contributed by atoms with van der Waals surface area (Å²) in [5, 5.41) is 12.6. The molecule has 0 unspecified atom stereocenters. The minimum absolute atomic E-state index is 0.233. The summed E-state index contributed by atoms with van der Waals surface area (Å²) in [5.41, 5.74) is 0.768. The van der Waals surface area contributed by atoms with Crippen LogP contribution in [0, 0.1) is 0 Å². The Hall–Kier alpha value is -1.29. The molecule has 0 atom stereocenters. The van der Waals surface area contributed by atoms with Gasteiger partial charge in [0.1, 0.15) is 11.5 Å². The molecular formula is C12H18FNO2. The smallest absolute Gasteiger partial charge is 0.120 e. The van der Waals surface area contributed by atoms with E-state index in [4.69, 9.17) is 4.74 Å². The number of hydrogen-bond acceptors (Lipinski definition) is 3. The second kappa shape index (κ2) is 7.06. The molecule has 0 radical (unpaired) electrons. The number of phenolic OH excluding ortho intramolecular Hbond substituents is 1. The lowest BCUT2D eigenvalue weighted by Crippen LogP contribution is -2.15. The van der Waals surface area contributed by atoms with Crippen LogP contribution in [0.2, 0.25) is 0 Å². The Morgan fingerprint density at radius 3 is 2.94 bits per heavy atom. The minimum Gasteiger partial charge on any atom is -0.508 e.